The summed E-state index contributed by atoms with van der Waals surface area (Å²) in [6.07, 6.45) is -9.39. The van der Waals surface area contributed by atoms with Gasteiger partial charge in [0.1, 0.15) is 5.69 Å². The van der Waals surface area contributed by atoms with Crippen molar-refractivity contribution in [3.8, 4) is 10.6 Å². The molecule has 3 rings (SSSR count). The Hall–Kier alpha value is -2.60. The van der Waals surface area contributed by atoms with E-state index < -0.39 is 41.0 Å². The zero-order chi connectivity index (χ0) is 21.9. The number of para-hydroxylation sites is 1. The molecule has 30 heavy (non-hydrogen) atoms. The fraction of sp³-hybridized carbons (Fsp3) is 0.167. The minimum atomic E-state index is -4.72. The lowest BCUT2D eigenvalue weighted by molar-refractivity contribution is -0.141. The van der Waals surface area contributed by atoms with Crippen LogP contribution in [0.25, 0.3) is 10.6 Å². The number of anilines is 1. The Bertz CT molecular complexity index is 1040. The molecule has 0 atom stereocenters. The van der Waals surface area contributed by atoms with Gasteiger partial charge in [0.2, 0.25) is 5.91 Å². The van der Waals surface area contributed by atoms with E-state index in [9.17, 15) is 31.1 Å². The highest BCUT2D eigenvalue weighted by atomic mass is 32.2. The third-order valence-corrected chi connectivity index (χ3v) is 5.35. The molecule has 1 aromatic carbocycles. The standard InChI is InChI=1S/C18H11F6N3OS2/c19-17(20,21)10-4-1-2-5-11(10)25-15(28)9-30-16-26-12(13-6-3-7-29-13)8-14(27-16)18(22,23)24/h1-8H,9H2,(H,25,28). The number of alkyl halides is 6. The van der Waals surface area contributed by atoms with Crippen LogP contribution in [0.4, 0.5) is 32.0 Å². The van der Waals surface area contributed by atoms with E-state index >= 15 is 0 Å². The largest absolute Gasteiger partial charge is 0.433 e. The monoisotopic (exact) mass is 463 g/mol. The number of amides is 1. The molecular weight excluding hydrogens is 452 g/mol. The summed E-state index contributed by atoms with van der Waals surface area (Å²) >= 11 is 1.77. The first-order valence-corrected chi connectivity index (χ1v) is 9.99. The highest BCUT2D eigenvalue weighted by Gasteiger charge is 2.35. The maximum atomic E-state index is 13.2. The number of nitrogens with zero attached hydrogens (tertiary/aromatic N) is 2. The molecule has 2 heterocycles. The number of hydrogen-bond acceptors (Lipinski definition) is 5. The third kappa shape index (κ3) is 5.51. The second-order valence-corrected chi connectivity index (χ2v) is 7.67. The predicted octanol–water partition coefficient (Wildman–Crippen LogP) is 5.97. The lowest BCUT2D eigenvalue weighted by atomic mass is 10.1. The van der Waals surface area contributed by atoms with E-state index in [0.717, 1.165) is 18.2 Å². The van der Waals surface area contributed by atoms with Gasteiger partial charge in [0, 0.05) is 0 Å². The third-order valence-electron chi connectivity index (χ3n) is 3.61. The fourth-order valence-electron chi connectivity index (χ4n) is 2.34. The van der Waals surface area contributed by atoms with Gasteiger partial charge in [0.15, 0.2) is 5.16 Å². The van der Waals surface area contributed by atoms with Crippen LogP contribution in [0.3, 0.4) is 0 Å². The molecule has 0 radical (unpaired) electrons. The molecule has 0 aliphatic rings. The van der Waals surface area contributed by atoms with Crippen molar-refractivity contribution in [1.82, 2.24) is 9.97 Å². The van der Waals surface area contributed by atoms with Crippen molar-refractivity contribution in [2.75, 3.05) is 11.1 Å². The summed E-state index contributed by atoms with van der Waals surface area (Å²) in [5.74, 6) is -1.31. The molecule has 158 valence electrons. The molecule has 0 aliphatic carbocycles. The van der Waals surface area contributed by atoms with Crippen LogP contribution in [0.2, 0.25) is 0 Å². The van der Waals surface area contributed by atoms with Crippen molar-refractivity contribution in [2.24, 2.45) is 0 Å². The summed E-state index contributed by atoms with van der Waals surface area (Å²) in [5, 5.41) is 3.48. The number of carbonyl (C=O) groups is 1. The van der Waals surface area contributed by atoms with Gasteiger partial charge in [-0.25, -0.2) is 9.97 Å². The van der Waals surface area contributed by atoms with Crippen molar-refractivity contribution >= 4 is 34.7 Å². The lowest BCUT2D eigenvalue weighted by Gasteiger charge is -2.13. The molecule has 1 amide bonds. The second kappa shape index (κ2) is 8.64. The summed E-state index contributed by atoms with van der Waals surface area (Å²) in [6, 6.07) is 8.43. The van der Waals surface area contributed by atoms with Gasteiger partial charge in [-0.15, -0.1) is 11.3 Å². The Morgan fingerprint density at radius 2 is 1.73 bits per heavy atom. The van der Waals surface area contributed by atoms with Gasteiger partial charge in [-0.05, 0) is 29.6 Å². The van der Waals surface area contributed by atoms with Gasteiger partial charge in [-0.3, -0.25) is 4.79 Å². The molecule has 1 N–H and O–H groups in total. The number of thiophene rings is 1. The van der Waals surface area contributed by atoms with E-state index in [1.807, 2.05) is 0 Å². The number of carbonyl (C=O) groups excluding carboxylic acids is 1. The van der Waals surface area contributed by atoms with Crippen LogP contribution in [0, 0.1) is 0 Å². The maximum absolute atomic E-state index is 13.2. The van der Waals surface area contributed by atoms with E-state index in [4.69, 9.17) is 0 Å². The fourth-order valence-corrected chi connectivity index (χ4v) is 3.69. The van der Waals surface area contributed by atoms with E-state index in [-0.39, 0.29) is 10.9 Å². The second-order valence-electron chi connectivity index (χ2n) is 5.78. The lowest BCUT2D eigenvalue weighted by Crippen LogP contribution is -2.18. The Balaban J connectivity index is 1.77. The topological polar surface area (TPSA) is 54.9 Å². The predicted molar refractivity (Wildman–Crippen MR) is 101 cm³/mol. The van der Waals surface area contributed by atoms with Crippen LogP contribution >= 0.6 is 23.1 Å². The average Bonchev–Trinajstić information content (AvgIpc) is 3.20. The van der Waals surface area contributed by atoms with Crippen molar-refractivity contribution < 1.29 is 31.1 Å². The maximum Gasteiger partial charge on any atom is 0.433 e. The van der Waals surface area contributed by atoms with Crippen molar-refractivity contribution in [1.29, 1.82) is 0 Å². The van der Waals surface area contributed by atoms with Gasteiger partial charge in [0.25, 0.3) is 0 Å². The van der Waals surface area contributed by atoms with Crippen molar-refractivity contribution in [2.45, 2.75) is 17.5 Å². The number of aromatic nitrogens is 2. The average molecular weight is 463 g/mol. The smallest absolute Gasteiger partial charge is 0.325 e. The molecule has 0 bridgehead atoms. The van der Waals surface area contributed by atoms with Gasteiger partial charge in [-0.2, -0.15) is 26.3 Å². The first kappa shape index (κ1) is 22.1. The first-order valence-electron chi connectivity index (χ1n) is 8.13. The Morgan fingerprint density at radius 3 is 2.37 bits per heavy atom. The summed E-state index contributed by atoms with van der Waals surface area (Å²) in [4.78, 5) is 20.0. The molecule has 0 aliphatic heterocycles. The SMILES string of the molecule is O=C(CSc1nc(-c2cccs2)cc(C(F)(F)F)n1)Nc1ccccc1C(F)(F)F. The van der Waals surface area contributed by atoms with Gasteiger partial charge in [-0.1, -0.05) is 30.0 Å². The summed E-state index contributed by atoms with van der Waals surface area (Å²) in [7, 11) is 0. The number of thioether (sulfide) groups is 1. The van der Waals surface area contributed by atoms with Crippen LogP contribution in [0.5, 0.6) is 0 Å². The Kier molecular flexibility index (Phi) is 6.36. The first-order chi connectivity index (χ1) is 14.0. The van der Waals surface area contributed by atoms with Crippen LogP contribution in [0.1, 0.15) is 11.3 Å². The number of hydrogen-bond donors (Lipinski definition) is 1. The summed E-state index contributed by atoms with van der Waals surface area (Å²) in [5.41, 5.74) is -2.61. The van der Waals surface area contributed by atoms with E-state index in [0.29, 0.717) is 16.6 Å². The van der Waals surface area contributed by atoms with Crippen molar-refractivity contribution in [3.63, 3.8) is 0 Å². The van der Waals surface area contributed by atoms with Gasteiger partial charge < -0.3 is 5.32 Å². The van der Waals surface area contributed by atoms with Gasteiger partial charge in [0.05, 0.1) is 27.6 Å². The van der Waals surface area contributed by atoms with E-state index in [1.54, 1.807) is 17.5 Å². The molecule has 0 spiro atoms. The normalized spacial score (nSPS) is 12.1. The number of rotatable bonds is 5. The molecule has 12 heteroatoms. The molecule has 2 aromatic heterocycles. The van der Waals surface area contributed by atoms with Crippen LogP contribution < -0.4 is 5.32 Å². The minimum absolute atomic E-state index is 0.0395. The summed E-state index contributed by atoms with van der Waals surface area (Å²) < 4.78 is 78.5. The van der Waals surface area contributed by atoms with Gasteiger partial charge >= 0.3 is 12.4 Å². The molecule has 0 saturated heterocycles. The van der Waals surface area contributed by atoms with Crippen LogP contribution in [0.15, 0.2) is 53.0 Å². The minimum Gasteiger partial charge on any atom is -0.325 e. The van der Waals surface area contributed by atoms with E-state index in [2.05, 4.69) is 15.3 Å². The number of nitrogens with one attached hydrogen (secondary N) is 1. The Labute approximate surface area is 174 Å². The molecule has 0 unspecified atom stereocenters. The molecule has 0 saturated carbocycles. The molecular formula is C18H11F6N3OS2. The van der Waals surface area contributed by atoms with Crippen LogP contribution in [-0.2, 0) is 17.1 Å². The molecule has 3 aromatic rings. The van der Waals surface area contributed by atoms with Crippen molar-refractivity contribution in [3.05, 3.63) is 59.1 Å². The summed E-state index contributed by atoms with van der Waals surface area (Å²) in [6.45, 7) is 0. The zero-order valence-corrected chi connectivity index (χ0v) is 16.3. The Morgan fingerprint density at radius 1 is 1.00 bits per heavy atom. The highest BCUT2D eigenvalue weighted by Crippen LogP contribution is 2.35. The number of benzene rings is 1. The quantitative estimate of drug-likeness (QED) is 0.288. The van der Waals surface area contributed by atoms with Crippen LogP contribution in [-0.4, -0.2) is 21.6 Å². The highest BCUT2D eigenvalue weighted by molar-refractivity contribution is 7.99. The zero-order valence-electron chi connectivity index (χ0n) is 14.7. The molecule has 0 fully saturated rings. The van der Waals surface area contributed by atoms with E-state index in [1.165, 1.54) is 23.5 Å². The number of halogens is 6. The molecule has 4 nitrogen and oxygen atoms in total.